The van der Waals surface area contributed by atoms with Gasteiger partial charge in [0.1, 0.15) is 5.82 Å². The van der Waals surface area contributed by atoms with Gasteiger partial charge >= 0.3 is 0 Å². The number of hydrogen-bond donors (Lipinski definition) is 1. The highest BCUT2D eigenvalue weighted by Gasteiger charge is 2.07. The first kappa shape index (κ1) is 12.1. The van der Waals surface area contributed by atoms with Crippen molar-refractivity contribution in [2.45, 2.75) is 26.5 Å². The molecule has 1 N–H and O–H groups in total. The first-order valence-corrected chi connectivity index (χ1v) is 5.10. The summed E-state index contributed by atoms with van der Waals surface area (Å²) in [7, 11) is 1.87. The van der Waals surface area contributed by atoms with E-state index in [0.717, 1.165) is 5.56 Å². The van der Waals surface area contributed by atoms with Gasteiger partial charge in [-0.25, -0.2) is 4.39 Å². The smallest absolute Gasteiger partial charge is 0.127 e. The fourth-order valence-corrected chi connectivity index (χ4v) is 1.63. The highest BCUT2D eigenvalue weighted by atomic mass is 19.1. The van der Waals surface area contributed by atoms with E-state index in [9.17, 15) is 9.50 Å². The maximum Gasteiger partial charge on any atom is 0.127 e. The highest BCUT2D eigenvalue weighted by molar-refractivity contribution is 5.23. The lowest BCUT2D eigenvalue weighted by molar-refractivity contribution is 0.137. The summed E-state index contributed by atoms with van der Waals surface area (Å²) >= 11 is 0. The van der Waals surface area contributed by atoms with E-state index in [-0.39, 0.29) is 11.9 Å². The Morgan fingerprint density at radius 1 is 1.47 bits per heavy atom. The van der Waals surface area contributed by atoms with Gasteiger partial charge in [-0.1, -0.05) is 17.7 Å². The molecule has 0 radical (unpaired) electrons. The van der Waals surface area contributed by atoms with E-state index in [1.54, 1.807) is 13.0 Å². The van der Waals surface area contributed by atoms with Crippen molar-refractivity contribution in [3.63, 3.8) is 0 Å². The normalized spacial score (nSPS) is 13.2. The Labute approximate surface area is 90.3 Å². The number of nitrogens with zero attached hydrogens (tertiary/aromatic N) is 1. The molecule has 1 rings (SSSR count). The number of aliphatic hydroxyl groups excluding tert-OH is 1. The predicted molar refractivity (Wildman–Crippen MR) is 59.2 cm³/mol. The number of benzene rings is 1. The zero-order valence-corrected chi connectivity index (χ0v) is 9.50. The summed E-state index contributed by atoms with van der Waals surface area (Å²) in [5, 5.41) is 9.19. The Morgan fingerprint density at radius 2 is 2.13 bits per heavy atom. The van der Waals surface area contributed by atoms with Crippen molar-refractivity contribution >= 4 is 0 Å². The number of halogens is 1. The second-order valence-electron chi connectivity index (χ2n) is 4.14. The molecule has 0 saturated carbocycles. The van der Waals surface area contributed by atoms with Gasteiger partial charge in [-0.2, -0.15) is 0 Å². The Morgan fingerprint density at radius 3 is 2.73 bits per heavy atom. The summed E-state index contributed by atoms with van der Waals surface area (Å²) < 4.78 is 13.4. The van der Waals surface area contributed by atoms with Gasteiger partial charge in [0, 0.05) is 18.7 Å². The maximum atomic E-state index is 13.4. The third kappa shape index (κ3) is 3.98. The van der Waals surface area contributed by atoms with Crippen molar-refractivity contribution in [1.82, 2.24) is 4.90 Å². The molecule has 1 unspecified atom stereocenters. The lowest BCUT2D eigenvalue weighted by atomic mass is 10.1. The quantitative estimate of drug-likeness (QED) is 0.822. The van der Waals surface area contributed by atoms with Crippen LogP contribution in [0.4, 0.5) is 4.39 Å². The van der Waals surface area contributed by atoms with Gasteiger partial charge < -0.3 is 5.11 Å². The van der Waals surface area contributed by atoms with Crippen LogP contribution in [-0.2, 0) is 6.54 Å². The zero-order chi connectivity index (χ0) is 11.4. The van der Waals surface area contributed by atoms with Crippen LogP contribution in [0.25, 0.3) is 0 Å². The molecule has 1 atom stereocenters. The number of aliphatic hydroxyl groups is 1. The SMILES string of the molecule is Cc1ccc(F)c(CN(C)CC(C)O)c1. The average Bonchev–Trinajstić information content (AvgIpc) is 2.10. The van der Waals surface area contributed by atoms with Crippen LogP contribution in [0.2, 0.25) is 0 Å². The van der Waals surface area contributed by atoms with Crippen LogP contribution < -0.4 is 0 Å². The third-order valence-electron chi connectivity index (χ3n) is 2.22. The summed E-state index contributed by atoms with van der Waals surface area (Å²) in [4.78, 5) is 1.91. The Balaban J connectivity index is 2.67. The van der Waals surface area contributed by atoms with E-state index in [0.29, 0.717) is 18.7 Å². The second-order valence-corrected chi connectivity index (χ2v) is 4.14. The summed E-state index contributed by atoms with van der Waals surface area (Å²) in [6.07, 6.45) is -0.386. The van der Waals surface area contributed by atoms with Crippen molar-refractivity contribution in [2.24, 2.45) is 0 Å². The summed E-state index contributed by atoms with van der Waals surface area (Å²) in [6.45, 7) is 4.74. The zero-order valence-electron chi connectivity index (χ0n) is 9.50. The van der Waals surface area contributed by atoms with Crippen molar-refractivity contribution in [2.75, 3.05) is 13.6 Å². The minimum atomic E-state index is -0.386. The molecule has 84 valence electrons. The minimum Gasteiger partial charge on any atom is -0.392 e. The molecule has 0 spiro atoms. The van der Waals surface area contributed by atoms with E-state index in [1.807, 2.05) is 24.9 Å². The van der Waals surface area contributed by atoms with Gasteiger partial charge in [0.2, 0.25) is 0 Å². The third-order valence-corrected chi connectivity index (χ3v) is 2.22. The molecule has 2 nitrogen and oxygen atoms in total. The van der Waals surface area contributed by atoms with Crippen LogP contribution in [-0.4, -0.2) is 29.7 Å². The molecule has 3 heteroatoms. The predicted octanol–water partition coefficient (Wildman–Crippen LogP) is 1.95. The van der Waals surface area contributed by atoms with E-state index >= 15 is 0 Å². The van der Waals surface area contributed by atoms with Gasteiger partial charge in [0.25, 0.3) is 0 Å². The molecule has 0 saturated heterocycles. The van der Waals surface area contributed by atoms with E-state index in [4.69, 9.17) is 0 Å². The maximum absolute atomic E-state index is 13.4. The number of rotatable bonds is 4. The van der Waals surface area contributed by atoms with Crippen LogP contribution in [0, 0.1) is 12.7 Å². The van der Waals surface area contributed by atoms with Crippen molar-refractivity contribution < 1.29 is 9.50 Å². The van der Waals surface area contributed by atoms with Gasteiger partial charge in [0.15, 0.2) is 0 Å². The Bertz CT molecular complexity index is 325. The molecule has 0 aliphatic heterocycles. The van der Waals surface area contributed by atoms with Crippen LogP contribution in [0.3, 0.4) is 0 Å². The monoisotopic (exact) mass is 211 g/mol. The topological polar surface area (TPSA) is 23.5 Å². The molecule has 15 heavy (non-hydrogen) atoms. The number of likely N-dealkylation sites (N-methyl/N-ethyl adjacent to an activating group) is 1. The largest absolute Gasteiger partial charge is 0.392 e. The Hall–Kier alpha value is -0.930. The second kappa shape index (κ2) is 5.24. The molecule has 0 aliphatic rings. The van der Waals surface area contributed by atoms with Crippen LogP contribution in [0.15, 0.2) is 18.2 Å². The van der Waals surface area contributed by atoms with Crippen LogP contribution in [0.5, 0.6) is 0 Å². The highest BCUT2D eigenvalue weighted by Crippen LogP contribution is 2.12. The molecular weight excluding hydrogens is 193 g/mol. The molecule has 1 aromatic rings. The molecule has 0 amide bonds. The van der Waals surface area contributed by atoms with Crippen LogP contribution in [0.1, 0.15) is 18.1 Å². The van der Waals surface area contributed by atoms with Gasteiger partial charge in [-0.3, -0.25) is 4.90 Å². The minimum absolute atomic E-state index is 0.182. The fourth-order valence-electron chi connectivity index (χ4n) is 1.63. The first-order chi connectivity index (χ1) is 6.99. The summed E-state index contributed by atoms with van der Waals surface area (Å²) in [5.41, 5.74) is 1.73. The van der Waals surface area contributed by atoms with Crippen molar-refractivity contribution in [3.8, 4) is 0 Å². The van der Waals surface area contributed by atoms with Gasteiger partial charge in [0.05, 0.1) is 6.10 Å². The molecule has 1 aromatic carbocycles. The average molecular weight is 211 g/mol. The molecule has 0 fully saturated rings. The summed E-state index contributed by atoms with van der Waals surface area (Å²) in [5.74, 6) is -0.182. The Kier molecular flexibility index (Phi) is 4.24. The van der Waals surface area contributed by atoms with Gasteiger partial charge in [-0.15, -0.1) is 0 Å². The lowest BCUT2D eigenvalue weighted by Gasteiger charge is -2.18. The van der Waals surface area contributed by atoms with E-state index < -0.39 is 0 Å². The van der Waals surface area contributed by atoms with Crippen LogP contribution >= 0.6 is 0 Å². The van der Waals surface area contributed by atoms with Crippen molar-refractivity contribution in [3.05, 3.63) is 35.1 Å². The number of hydrogen-bond acceptors (Lipinski definition) is 2. The molecular formula is C12H18FNO. The molecule has 0 aromatic heterocycles. The summed E-state index contributed by atoms with van der Waals surface area (Å²) in [6, 6.07) is 5.09. The number of aryl methyl sites for hydroxylation is 1. The van der Waals surface area contributed by atoms with E-state index in [2.05, 4.69) is 0 Å². The standard InChI is InChI=1S/C12H18FNO/c1-9-4-5-12(13)11(6-9)8-14(3)7-10(2)15/h4-6,10,15H,7-8H2,1-3H3. The van der Waals surface area contributed by atoms with Crippen molar-refractivity contribution in [1.29, 1.82) is 0 Å². The lowest BCUT2D eigenvalue weighted by Crippen LogP contribution is -2.27. The first-order valence-electron chi connectivity index (χ1n) is 5.10. The van der Waals surface area contributed by atoms with E-state index in [1.165, 1.54) is 6.07 Å². The molecule has 0 bridgehead atoms. The molecule has 0 heterocycles. The molecule has 0 aliphatic carbocycles. The van der Waals surface area contributed by atoms with Gasteiger partial charge in [-0.05, 0) is 27.0 Å². The fraction of sp³-hybridized carbons (Fsp3) is 0.500.